The van der Waals surface area contributed by atoms with E-state index in [1.54, 1.807) is 60.7 Å². The Morgan fingerprint density at radius 2 is 1.42 bits per heavy atom. The van der Waals surface area contributed by atoms with Crippen molar-refractivity contribution in [2.75, 3.05) is 23.0 Å². The van der Waals surface area contributed by atoms with E-state index in [-0.39, 0.29) is 10.7 Å². The number of amides is 2. The average molecular weight is 521 g/mol. The van der Waals surface area contributed by atoms with Crippen molar-refractivity contribution < 1.29 is 19.1 Å². The van der Waals surface area contributed by atoms with E-state index in [9.17, 15) is 9.59 Å². The first kappa shape index (κ1) is 25.4. The molecule has 0 aromatic heterocycles. The number of rotatable bonds is 8. The van der Waals surface area contributed by atoms with E-state index in [4.69, 9.17) is 33.3 Å². The van der Waals surface area contributed by atoms with Gasteiger partial charge in [-0.15, -0.1) is 0 Å². The second-order valence-corrected chi connectivity index (χ2v) is 8.68. The highest BCUT2D eigenvalue weighted by Gasteiger charge is 2.41. The first-order chi connectivity index (χ1) is 17.5. The SMILES string of the molecule is CCCOc1c(Cl)cc(C=C2C(=O)N(c3ccccc3)C(=S)N(c3ccccc3)C2=O)cc1OCC. The molecule has 0 N–H and O–H groups in total. The second kappa shape index (κ2) is 11.4. The van der Waals surface area contributed by atoms with E-state index in [2.05, 4.69) is 0 Å². The van der Waals surface area contributed by atoms with Crippen molar-refractivity contribution >= 4 is 58.2 Å². The summed E-state index contributed by atoms with van der Waals surface area (Å²) in [5.74, 6) is -0.175. The van der Waals surface area contributed by atoms with Gasteiger partial charge in [-0.25, -0.2) is 0 Å². The third-order valence-electron chi connectivity index (χ3n) is 5.37. The van der Waals surface area contributed by atoms with Crippen LogP contribution in [0.4, 0.5) is 11.4 Å². The van der Waals surface area contributed by atoms with Gasteiger partial charge in [-0.1, -0.05) is 54.9 Å². The Balaban J connectivity index is 1.84. The van der Waals surface area contributed by atoms with Crippen molar-refractivity contribution in [3.8, 4) is 11.5 Å². The standard InChI is InChI=1S/C28H25ClN2O4S/c1-3-15-35-25-23(29)17-19(18-24(25)34-4-2)16-22-26(32)30(20-11-7-5-8-12-20)28(36)31(27(22)33)21-13-9-6-10-14-21/h5-14,16-18H,3-4,15H2,1-2H3. The van der Waals surface area contributed by atoms with Gasteiger partial charge in [0.2, 0.25) is 0 Å². The maximum atomic E-state index is 13.7. The molecule has 1 aliphatic heterocycles. The lowest BCUT2D eigenvalue weighted by Crippen LogP contribution is -2.56. The molecule has 3 aromatic rings. The van der Waals surface area contributed by atoms with Crippen molar-refractivity contribution in [2.45, 2.75) is 20.3 Å². The first-order valence-electron chi connectivity index (χ1n) is 11.6. The Bertz CT molecular complexity index is 1250. The summed E-state index contributed by atoms with van der Waals surface area (Å²) in [6, 6.07) is 21.3. The van der Waals surface area contributed by atoms with Gasteiger partial charge in [-0.05, 0) is 73.6 Å². The van der Waals surface area contributed by atoms with Gasteiger partial charge in [0.05, 0.1) is 29.6 Å². The molecule has 0 bridgehead atoms. The minimum Gasteiger partial charge on any atom is -0.490 e. The topological polar surface area (TPSA) is 59.1 Å². The Hall–Kier alpha value is -3.68. The van der Waals surface area contributed by atoms with Gasteiger partial charge in [0.25, 0.3) is 11.8 Å². The van der Waals surface area contributed by atoms with Gasteiger partial charge < -0.3 is 9.47 Å². The average Bonchev–Trinajstić information content (AvgIpc) is 2.88. The van der Waals surface area contributed by atoms with Crippen LogP contribution in [-0.2, 0) is 9.59 Å². The molecular formula is C28H25ClN2O4S. The zero-order chi connectivity index (χ0) is 25.7. The van der Waals surface area contributed by atoms with E-state index in [0.29, 0.717) is 46.7 Å². The molecule has 184 valence electrons. The molecule has 1 saturated heterocycles. The number of para-hydroxylation sites is 2. The highest BCUT2D eigenvalue weighted by molar-refractivity contribution is 7.81. The van der Waals surface area contributed by atoms with Gasteiger partial charge in [0, 0.05) is 0 Å². The molecule has 6 nitrogen and oxygen atoms in total. The summed E-state index contributed by atoms with van der Waals surface area (Å²) in [4.78, 5) is 30.1. The van der Waals surface area contributed by atoms with E-state index >= 15 is 0 Å². The highest BCUT2D eigenvalue weighted by atomic mass is 35.5. The van der Waals surface area contributed by atoms with E-state index in [1.807, 2.05) is 26.0 Å². The number of carbonyl (C=O) groups is 2. The number of halogens is 1. The van der Waals surface area contributed by atoms with Gasteiger partial charge in [0.15, 0.2) is 16.6 Å². The Kier molecular flexibility index (Phi) is 8.03. The zero-order valence-electron chi connectivity index (χ0n) is 19.9. The maximum absolute atomic E-state index is 13.7. The summed E-state index contributed by atoms with van der Waals surface area (Å²) in [6.07, 6.45) is 2.32. The smallest absolute Gasteiger partial charge is 0.270 e. The fourth-order valence-corrected chi connectivity index (χ4v) is 4.43. The monoisotopic (exact) mass is 520 g/mol. The third kappa shape index (κ3) is 5.12. The molecule has 8 heteroatoms. The predicted molar refractivity (Wildman–Crippen MR) is 147 cm³/mol. The lowest BCUT2D eigenvalue weighted by molar-refractivity contribution is -0.120. The van der Waals surface area contributed by atoms with Crippen molar-refractivity contribution in [1.82, 2.24) is 0 Å². The number of nitrogens with zero attached hydrogens (tertiary/aromatic N) is 2. The molecule has 0 atom stereocenters. The molecule has 1 aliphatic rings. The van der Waals surface area contributed by atoms with Crippen LogP contribution in [0.25, 0.3) is 6.08 Å². The fraction of sp³-hybridized carbons (Fsp3) is 0.179. The predicted octanol–water partition coefficient (Wildman–Crippen LogP) is 6.28. The number of carbonyl (C=O) groups excluding carboxylic acids is 2. The van der Waals surface area contributed by atoms with Crippen LogP contribution in [0.3, 0.4) is 0 Å². The van der Waals surface area contributed by atoms with Crippen LogP contribution in [-0.4, -0.2) is 30.1 Å². The van der Waals surface area contributed by atoms with Gasteiger partial charge in [0.1, 0.15) is 5.57 Å². The quantitative estimate of drug-likeness (QED) is 0.199. The number of anilines is 2. The molecule has 0 spiro atoms. The summed E-state index contributed by atoms with van der Waals surface area (Å²) < 4.78 is 11.5. The minimum atomic E-state index is -0.524. The summed E-state index contributed by atoms with van der Waals surface area (Å²) in [5.41, 5.74) is 1.58. The lowest BCUT2D eigenvalue weighted by atomic mass is 10.0. The number of hydrogen-bond donors (Lipinski definition) is 0. The molecular weight excluding hydrogens is 496 g/mol. The van der Waals surface area contributed by atoms with Crippen LogP contribution in [0.15, 0.2) is 78.4 Å². The normalized spacial score (nSPS) is 13.8. The zero-order valence-corrected chi connectivity index (χ0v) is 21.5. The van der Waals surface area contributed by atoms with Crippen LogP contribution in [0.2, 0.25) is 5.02 Å². The highest BCUT2D eigenvalue weighted by Crippen LogP contribution is 2.38. The molecule has 2 amide bonds. The molecule has 0 radical (unpaired) electrons. The lowest BCUT2D eigenvalue weighted by Gasteiger charge is -2.36. The third-order valence-corrected chi connectivity index (χ3v) is 6.02. The van der Waals surface area contributed by atoms with E-state index in [1.165, 1.54) is 15.9 Å². The Labute approximate surface area is 220 Å². The maximum Gasteiger partial charge on any atom is 0.270 e. The number of hydrogen-bond acceptors (Lipinski definition) is 5. The summed E-state index contributed by atoms with van der Waals surface area (Å²) in [7, 11) is 0. The molecule has 36 heavy (non-hydrogen) atoms. The largest absolute Gasteiger partial charge is 0.490 e. The molecule has 1 heterocycles. The Morgan fingerprint density at radius 3 is 1.92 bits per heavy atom. The summed E-state index contributed by atoms with van der Waals surface area (Å²) in [6.45, 7) is 4.73. The molecule has 0 saturated carbocycles. The van der Waals surface area contributed by atoms with Crippen LogP contribution < -0.4 is 19.3 Å². The van der Waals surface area contributed by atoms with E-state index in [0.717, 1.165) is 6.42 Å². The van der Waals surface area contributed by atoms with Crippen molar-refractivity contribution in [2.24, 2.45) is 0 Å². The van der Waals surface area contributed by atoms with Gasteiger partial charge in [-0.3, -0.25) is 19.4 Å². The summed E-state index contributed by atoms with van der Waals surface area (Å²) >= 11 is 12.2. The van der Waals surface area contributed by atoms with Crippen LogP contribution in [0.5, 0.6) is 11.5 Å². The number of ether oxygens (including phenoxy) is 2. The second-order valence-electron chi connectivity index (χ2n) is 7.90. The van der Waals surface area contributed by atoms with Gasteiger partial charge >= 0.3 is 0 Å². The van der Waals surface area contributed by atoms with Crippen LogP contribution in [0.1, 0.15) is 25.8 Å². The van der Waals surface area contributed by atoms with E-state index < -0.39 is 11.8 Å². The molecule has 4 rings (SSSR count). The molecule has 0 unspecified atom stereocenters. The molecule has 1 fully saturated rings. The number of thiocarbonyl (C=S) groups is 1. The minimum absolute atomic E-state index is 0.0583. The first-order valence-corrected chi connectivity index (χ1v) is 12.4. The molecule has 3 aromatic carbocycles. The Morgan fingerprint density at radius 1 is 0.861 bits per heavy atom. The van der Waals surface area contributed by atoms with Crippen molar-refractivity contribution in [3.63, 3.8) is 0 Å². The van der Waals surface area contributed by atoms with Gasteiger partial charge in [-0.2, -0.15) is 0 Å². The van der Waals surface area contributed by atoms with Crippen molar-refractivity contribution in [3.05, 3.63) is 89.0 Å². The molecule has 0 aliphatic carbocycles. The summed E-state index contributed by atoms with van der Waals surface area (Å²) in [5, 5.41) is 0.406. The van der Waals surface area contributed by atoms with Crippen LogP contribution >= 0.6 is 23.8 Å². The van der Waals surface area contributed by atoms with Crippen LogP contribution in [0, 0.1) is 0 Å². The van der Waals surface area contributed by atoms with Crippen molar-refractivity contribution in [1.29, 1.82) is 0 Å². The number of benzene rings is 3. The fourth-order valence-electron chi connectivity index (χ4n) is 3.78.